The van der Waals surface area contributed by atoms with E-state index in [1.54, 1.807) is 0 Å². The standard InChI is InChI=1S/C20H15N5O2S/c1-12-6-8-13(9-7-12)18-22-17(27-25-18)11-28-20-24-23-19(26-20)15-10-21-16-5-3-2-4-14(15)16/h2-10,21H,11H2,1H3. The number of benzene rings is 2. The quantitative estimate of drug-likeness (QED) is 0.429. The molecular formula is C20H15N5O2S. The minimum Gasteiger partial charge on any atom is -0.411 e. The average molecular weight is 389 g/mol. The van der Waals surface area contributed by atoms with E-state index >= 15 is 0 Å². The Bertz CT molecular complexity index is 1240. The van der Waals surface area contributed by atoms with E-state index < -0.39 is 0 Å². The molecule has 5 aromatic rings. The fourth-order valence-electron chi connectivity index (χ4n) is 2.88. The van der Waals surface area contributed by atoms with Gasteiger partial charge in [-0.2, -0.15) is 4.98 Å². The molecule has 3 heterocycles. The number of hydrogen-bond donors (Lipinski definition) is 1. The van der Waals surface area contributed by atoms with Crippen molar-refractivity contribution in [2.45, 2.75) is 17.9 Å². The van der Waals surface area contributed by atoms with E-state index in [1.807, 2.05) is 61.7 Å². The molecule has 0 atom stereocenters. The number of thioether (sulfide) groups is 1. The molecule has 0 aliphatic carbocycles. The summed E-state index contributed by atoms with van der Waals surface area (Å²) in [5, 5.41) is 13.8. The first-order valence-electron chi connectivity index (χ1n) is 8.69. The Labute approximate surface area is 164 Å². The zero-order valence-electron chi connectivity index (χ0n) is 14.9. The van der Waals surface area contributed by atoms with Crippen molar-refractivity contribution >= 4 is 22.7 Å². The Morgan fingerprint density at radius 3 is 2.79 bits per heavy atom. The molecule has 5 rings (SSSR count). The molecule has 7 nitrogen and oxygen atoms in total. The summed E-state index contributed by atoms with van der Waals surface area (Å²) in [6.45, 7) is 2.04. The van der Waals surface area contributed by atoms with Gasteiger partial charge in [-0.25, -0.2) is 0 Å². The van der Waals surface area contributed by atoms with Crippen LogP contribution in [0.25, 0.3) is 33.7 Å². The molecule has 0 aliphatic heterocycles. The van der Waals surface area contributed by atoms with Gasteiger partial charge in [0.05, 0.1) is 11.3 Å². The molecular weight excluding hydrogens is 374 g/mol. The molecule has 0 fully saturated rings. The summed E-state index contributed by atoms with van der Waals surface area (Å²) in [6, 6.07) is 16.0. The molecule has 0 unspecified atom stereocenters. The highest BCUT2D eigenvalue weighted by atomic mass is 32.2. The number of fused-ring (bicyclic) bond motifs is 1. The van der Waals surface area contributed by atoms with Crippen molar-refractivity contribution in [3.05, 3.63) is 66.2 Å². The van der Waals surface area contributed by atoms with E-state index in [-0.39, 0.29) is 0 Å². The number of H-pyrrole nitrogens is 1. The normalized spacial score (nSPS) is 11.3. The minimum atomic E-state index is 0.453. The first kappa shape index (κ1) is 16.8. The predicted octanol–water partition coefficient (Wildman–Crippen LogP) is 4.87. The average Bonchev–Trinajstić information content (AvgIpc) is 3.46. The first-order valence-corrected chi connectivity index (χ1v) is 9.67. The maximum atomic E-state index is 5.79. The summed E-state index contributed by atoms with van der Waals surface area (Å²) in [7, 11) is 0. The van der Waals surface area contributed by atoms with E-state index in [2.05, 4.69) is 25.3 Å². The maximum absolute atomic E-state index is 5.79. The fraction of sp³-hybridized carbons (Fsp3) is 0.100. The van der Waals surface area contributed by atoms with Gasteiger partial charge in [0.1, 0.15) is 0 Å². The summed E-state index contributed by atoms with van der Waals surface area (Å²) in [4.78, 5) is 7.64. The third-order valence-corrected chi connectivity index (χ3v) is 5.13. The third-order valence-electron chi connectivity index (χ3n) is 4.32. The van der Waals surface area contributed by atoms with E-state index in [0.717, 1.165) is 22.0 Å². The number of aromatic amines is 1. The number of hydrogen-bond acceptors (Lipinski definition) is 7. The van der Waals surface area contributed by atoms with Crippen LogP contribution in [0.1, 0.15) is 11.5 Å². The van der Waals surface area contributed by atoms with Gasteiger partial charge in [-0.15, -0.1) is 10.2 Å². The zero-order valence-corrected chi connectivity index (χ0v) is 15.7. The van der Waals surface area contributed by atoms with Crippen LogP contribution < -0.4 is 0 Å². The molecule has 0 spiro atoms. The van der Waals surface area contributed by atoms with Crippen LogP contribution in [-0.4, -0.2) is 25.3 Å². The first-order chi connectivity index (χ1) is 13.8. The van der Waals surface area contributed by atoms with Crippen molar-refractivity contribution in [3.8, 4) is 22.8 Å². The minimum absolute atomic E-state index is 0.453. The third kappa shape index (κ3) is 3.18. The maximum Gasteiger partial charge on any atom is 0.277 e. The topological polar surface area (TPSA) is 93.6 Å². The lowest BCUT2D eigenvalue weighted by Gasteiger charge is -1.94. The lowest BCUT2D eigenvalue weighted by molar-refractivity contribution is 0.391. The van der Waals surface area contributed by atoms with Crippen LogP contribution in [0.4, 0.5) is 0 Å². The van der Waals surface area contributed by atoms with Crippen molar-refractivity contribution in [2.75, 3.05) is 0 Å². The molecule has 0 aliphatic rings. The van der Waals surface area contributed by atoms with Crippen molar-refractivity contribution in [1.82, 2.24) is 25.3 Å². The summed E-state index contributed by atoms with van der Waals surface area (Å²) in [5.41, 5.74) is 4.02. The summed E-state index contributed by atoms with van der Waals surface area (Å²) < 4.78 is 11.1. The highest BCUT2D eigenvalue weighted by Gasteiger charge is 2.15. The Morgan fingerprint density at radius 2 is 1.89 bits per heavy atom. The molecule has 0 saturated carbocycles. The smallest absolute Gasteiger partial charge is 0.277 e. The van der Waals surface area contributed by atoms with E-state index in [0.29, 0.717) is 28.6 Å². The lowest BCUT2D eigenvalue weighted by atomic mass is 10.1. The molecule has 0 amide bonds. The Kier molecular flexibility index (Phi) is 4.17. The van der Waals surface area contributed by atoms with E-state index in [1.165, 1.54) is 17.3 Å². The molecule has 138 valence electrons. The number of aromatic nitrogens is 5. The molecule has 28 heavy (non-hydrogen) atoms. The van der Waals surface area contributed by atoms with Crippen LogP contribution in [0.2, 0.25) is 0 Å². The van der Waals surface area contributed by atoms with Crippen LogP contribution in [0.15, 0.2) is 68.9 Å². The van der Waals surface area contributed by atoms with Gasteiger partial charge in [-0.05, 0) is 13.0 Å². The molecule has 1 N–H and O–H groups in total. The van der Waals surface area contributed by atoms with Gasteiger partial charge >= 0.3 is 0 Å². The molecule has 2 aromatic carbocycles. The molecule has 0 bridgehead atoms. The largest absolute Gasteiger partial charge is 0.411 e. The fourth-order valence-corrected chi connectivity index (χ4v) is 3.48. The molecule has 8 heteroatoms. The van der Waals surface area contributed by atoms with E-state index in [4.69, 9.17) is 8.94 Å². The van der Waals surface area contributed by atoms with Crippen molar-refractivity contribution in [1.29, 1.82) is 0 Å². The van der Waals surface area contributed by atoms with Crippen molar-refractivity contribution in [3.63, 3.8) is 0 Å². The zero-order chi connectivity index (χ0) is 18.9. The van der Waals surface area contributed by atoms with Crippen LogP contribution in [0, 0.1) is 6.92 Å². The van der Waals surface area contributed by atoms with Crippen molar-refractivity contribution < 1.29 is 8.94 Å². The number of rotatable bonds is 5. The van der Waals surface area contributed by atoms with Crippen LogP contribution in [0.5, 0.6) is 0 Å². The van der Waals surface area contributed by atoms with E-state index in [9.17, 15) is 0 Å². The van der Waals surface area contributed by atoms with Gasteiger partial charge in [0.25, 0.3) is 11.1 Å². The summed E-state index contributed by atoms with van der Waals surface area (Å²) in [6.07, 6.45) is 1.87. The van der Waals surface area contributed by atoms with Crippen LogP contribution in [-0.2, 0) is 5.75 Å². The highest BCUT2D eigenvalue weighted by Crippen LogP contribution is 2.30. The number of nitrogens with one attached hydrogen (secondary N) is 1. The second kappa shape index (κ2) is 6.97. The lowest BCUT2D eigenvalue weighted by Crippen LogP contribution is -1.83. The van der Waals surface area contributed by atoms with Gasteiger partial charge in [-0.3, -0.25) is 0 Å². The second-order valence-electron chi connectivity index (χ2n) is 6.29. The van der Waals surface area contributed by atoms with Gasteiger partial charge < -0.3 is 13.9 Å². The van der Waals surface area contributed by atoms with Crippen LogP contribution >= 0.6 is 11.8 Å². The summed E-state index contributed by atoms with van der Waals surface area (Å²) >= 11 is 1.36. The number of aryl methyl sites for hydroxylation is 1. The number of nitrogens with zero attached hydrogens (tertiary/aromatic N) is 4. The Hall–Kier alpha value is -3.39. The molecule has 0 saturated heterocycles. The van der Waals surface area contributed by atoms with Gasteiger partial charge in [0.2, 0.25) is 11.7 Å². The Morgan fingerprint density at radius 1 is 1.04 bits per heavy atom. The summed E-state index contributed by atoms with van der Waals surface area (Å²) in [5.74, 6) is 2.01. The predicted molar refractivity (Wildman–Crippen MR) is 106 cm³/mol. The SMILES string of the molecule is Cc1ccc(-c2noc(CSc3nnc(-c4c[nH]c5ccccc45)o3)n2)cc1. The second-order valence-corrected chi connectivity index (χ2v) is 7.21. The van der Waals surface area contributed by atoms with Crippen molar-refractivity contribution in [2.24, 2.45) is 0 Å². The molecule has 3 aromatic heterocycles. The van der Waals surface area contributed by atoms with Crippen LogP contribution in [0.3, 0.4) is 0 Å². The molecule has 0 radical (unpaired) electrons. The van der Waals surface area contributed by atoms with Gasteiger partial charge in [-0.1, -0.05) is 64.9 Å². The highest BCUT2D eigenvalue weighted by molar-refractivity contribution is 7.98. The van der Waals surface area contributed by atoms with Gasteiger partial charge in [0, 0.05) is 22.7 Å². The van der Waals surface area contributed by atoms with Gasteiger partial charge in [0.15, 0.2) is 0 Å². The number of para-hydroxylation sites is 1. The Balaban J connectivity index is 1.30. The monoisotopic (exact) mass is 389 g/mol.